The highest BCUT2D eigenvalue weighted by atomic mass is 35.5. The molecule has 0 fully saturated rings. The third kappa shape index (κ3) is 4.49. The number of carbonyl (C=O) groups is 2. The van der Waals surface area contributed by atoms with Crippen LogP contribution in [0.5, 0.6) is 0 Å². The normalized spacial score (nSPS) is 12.0. The van der Waals surface area contributed by atoms with Gasteiger partial charge in [0.1, 0.15) is 0 Å². The Balaban J connectivity index is 1.64. The van der Waals surface area contributed by atoms with Gasteiger partial charge < -0.3 is 15.0 Å². The van der Waals surface area contributed by atoms with E-state index in [0.29, 0.717) is 22.2 Å². The van der Waals surface area contributed by atoms with Gasteiger partial charge in [-0.1, -0.05) is 59.6 Å². The van der Waals surface area contributed by atoms with Gasteiger partial charge in [0.2, 0.25) is 0 Å². The summed E-state index contributed by atoms with van der Waals surface area (Å²) in [5, 5.41) is 14.1. The first-order valence-electron chi connectivity index (χ1n) is 9.99. The van der Waals surface area contributed by atoms with Gasteiger partial charge in [0, 0.05) is 23.2 Å². The fraction of sp³-hybridized carbons (Fsp3) is 0.120. The van der Waals surface area contributed by atoms with Crippen molar-refractivity contribution in [2.45, 2.75) is 19.5 Å². The first kappa shape index (κ1) is 21.9. The van der Waals surface area contributed by atoms with E-state index in [-0.39, 0.29) is 17.5 Å². The summed E-state index contributed by atoms with van der Waals surface area (Å²) in [6.45, 7) is 2.37. The Morgan fingerprint density at radius 1 is 1.03 bits per heavy atom. The lowest BCUT2D eigenvalue weighted by Crippen LogP contribution is -2.27. The topological polar surface area (TPSA) is 71.3 Å². The lowest BCUT2D eigenvalue weighted by Gasteiger charge is -2.16. The first-order chi connectivity index (χ1) is 15.3. The number of para-hydroxylation sites is 1. The molecule has 32 heavy (non-hydrogen) atoms. The zero-order valence-electron chi connectivity index (χ0n) is 17.2. The van der Waals surface area contributed by atoms with E-state index < -0.39 is 5.97 Å². The summed E-state index contributed by atoms with van der Waals surface area (Å²) in [4.78, 5) is 24.3. The van der Waals surface area contributed by atoms with E-state index >= 15 is 0 Å². The Morgan fingerprint density at radius 3 is 2.44 bits per heavy atom. The minimum atomic E-state index is -0.989. The van der Waals surface area contributed by atoms with Crippen LogP contribution in [-0.2, 0) is 6.54 Å². The molecule has 7 heteroatoms. The van der Waals surface area contributed by atoms with Crippen LogP contribution in [0.1, 0.15) is 44.8 Å². The molecule has 162 valence electrons. The third-order valence-corrected chi connectivity index (χ3v) is 5.88. The molecule has 4 aromatic rings. The number of nitrogens with one attached hydrogen (secondary N) is 1. The van der Waals surface area contributed by atoms with Crippen LogP contribution in [0.4, 0.5) is 0 Å². The second-order valence-corrected chi connectivity index (χ2v) is 8.40. The van der Waals surface area contributed by atoms with Gasteiger partial charge >= 0.3 is 5.97 Å². The van der Waals surface area contributed by atoms with Crippen molar-refractivity contribution in [1.82, 2.24) is 9.88 Å². The monoisotopic (exact) mass is 466 g/mol. The molecule has 0 bridgehead atoms. The van der Waals surface area contributed by atoms with E-state index in [2.05, 4.69) is 5.32 Å². The van der Waals surface area contributed by atoms with Crippen LogP contribution < -0.4 is 5.32 Å². The molecule has 1 aromatic heterocycles. The highest BCUT2D eigenvalue weighted by Crippen LogP contribution is 2.30. The molecule has 0 saturated carbocycles. The molecule has 0 aliphatic heterocycles. The van der Waals surface area contributed by atoms with Crippen molar-refractivity contribution in [2.75, 3.05) is 0 Å². The summed E-state index contributed by atoms with van der Waals surface area (Å²) < 4.78 is 1.95. The zero-order valence-corrected chi connectivity index (χ0v) is 18.7. The number of amides is 1. The Morgan fingerprint density at radius 2 is 1.75 bits per heavy atom. The third-order valence-electron chi connectivity index (χ3n) is 5.34. The number of rotatable bonds is 6. The van der Waals surface area contributed by atoms with Crippen LogP contribution >= 0.6 is 23.2 Å². The van der Waals surface area contributed by atoms with Gasteiger partial charge in [-0.15, -0.1) is 0 Å². The van der Waals surface area contributed by atoms with Crippen LogP contribution in [0, 0.1) is 0 Å². The second-order valence-electron chi connectivity index (χ2n) is 7.56. The molecule has 0 aliphatic carbocycles. The number of nitrogens with zero attached hydrogens (tertiary/aromatic N) is 1. The fourth-order valence-corrected chi connectivity index (χ4v) is 4.21. The van der Waals surface area contributed by atoms with Crippen LogP contribution in [-0.4, -0.2) is 21.6 Å². The number of aromatic carboxylic acids is 1. The standard InChI is InChI=1S/C25H20Cl2N2O3/c1-15(17-8-10-18(11-9-17)25(31)32)28-24(30)21-7-3-6-20-22(27)14-29(23(20)21)13-16-4-2-5-19(26)12-16/h2-12,14-15H,13H2,1H3,(H,28,30)(H,31,32)/t15-/m0/s1. The van der Waals surface area contributed by atoms with E-state index in [1.165, 1.54) is 12.1 Å². The Kier molecular flexibility index (Phi) is 6.21. The molecule has 0 spiro atoms. The van der Waals surface area contributed by atoms with Crippen molar-refractivity contribution >= 4 is 46.0 Å². The molecule has 4 rings (SSSR count). The van der Waals surface area contributed by atoms with Gasteiger partial charge in [-0.25, -0.2) is 4.79 Å². The number of benzene rings is 3. The molecular formula is C25H20Cl2N2O3. The molecular weight excluding hydrogens is 447 g/mol. The van der Waals surface area contributed by atoms with Crippen LogP contribution in [0.15, 0.2) is 72.9 Å². The maximum atomic E-state index is 13.2. The molecule has 0 saturated heterocycles. The van der Waals surface area contributed by atoms with E-state index in [1.807, 2.05) is 48.0 Å². The van der Waals surface area contributed by atoms with Gasteiger partial charge in [0.25, 0.3) is 5.91 Å². The van der Waals surface area contributed by atoms with E-state index in [9.17, 15) is 9.59 Å². The summed E-state index contributed by atoms with van der Waals surface area (Å²) in [5.41, 5.74) is 3.25. The lowest BCUT2D eigenvalue weighted by molar-refractivity contribution is 0.0696. The van der Waals surface area contributed by atoms with Crippen molar-refractivity contribution in [3.63, 3.8) is 0 Å². The van der Waals surface area contributed by atoms with Gasteiger partial charge in [-0.2, -0.15) is 0 Å². The molecule has 3 aromatic carbocycles. The van der Waals surface area contributed by atoms with Crippen molar-refractivity contribution in [2.24, 2.45) is 0 Å². The average Bonchev–Trinajstić information content (AvgIpc) is 3.09. The number of halogens is 2. The molecule has 1 atom stereocenters. The maximum Gasteiger partial charge on any atom is 0.335 e. The van der Waals surface area contributed by atoms with E-state index in [0.717, 1.165) is 22.0 Å². The molecule has 0 aliphatic rings. The van der Waals surface area contributed by atoms with Gasteiger partial charge in [0.15, 0.2) is 0 Å². The number of hydrogen-bond acceptors (Lipinski definition) is 2. The van der Waals surface area contributed by atoms with Crippen LogP contribution in [0.25, 0.3) is 10.9 Å². The van der Waals surface area contributed by atoms with Crippen molar-refractivity contribution in [1.29, 1.82) is 0 Å². The average molecular weight is 467 g/mol. The summed E-state index contributed by atoms with van der Waals surface area (Å²) in [6.07, 6.45) is 1.82. The highest BCUT2D eigenvalue weighted by Gasteiger charge is 2.19. The number of carbonyl (C=O) groups excluding carboxylic acids is 1. The summed E-state index contributed by atoms with van der Waals surface area (Å²) in [5.74, 6) is -1.23. The Hall–Kier alpha value is -3.28. The van der Waals surface area contributed by atoms with Gasteiger partial charge in [0.05, 0.1) is 27.7 Å². The predicted octanol–water partition coefficient (Wildman–Crippen LogP) is 6.19. The van der Waals surface area contributed by atoms with Crippen molar-refractivity contribution in [3.8, 4) is 0 Å². The summed E-state index contributed by atoms with van der Waals surface area (Å²) >= 11 is 12.6. The fourth-order valence-electron chi connectivity index (χ4n) is 3.73. The molecule has 0 unspecified atom stereocenters. The maximum absolute atomic E-state index is 13.2. The Labute approximate surface area is 195 Å². The largest absolute Gasteiger partial charge is 0.478 e. The predicted molar refractivity (Wildman–Crippen MR) is 127 cm³/mol. The summed E-state index contributed by atoms with van der Waals surface area (Å²) in [6, 6.07) is 19.1. The molecule has 2 N–H and O–H groups in total. The smallest absolute Gasteiger partial charge is 0.335 e. The van der Waals surface area contributed by atoms with E-state index in [1.54, 1.807) is 24.3 Å². The van der Waals surface area contributed by atoms with E-state index in [4.69, 9.17) is 28.3 Å². The zero-order chi connectivity index (χ0) is 22.8. The first-order valence-corrected chi connectivity index (χ1v) is 10.7. The minimum Gasteiger partial charge on any atom is -0.478 e. The van der Waals surface area contributed by atoms with Gasteiger partial charge in [-0.05, 0) is 48.4 Å². The SMILES string of the molecule is C[C@H](NC(=O)c1cccc2c(Cl)cn(Cc3cccc(Cl)c3)c12)c1ccc(C(=O)O)cc1. The summed E-state index contributed by atoms with van der Waals surface area (Å²) in [7, 11) is 0. The second kappa shape index (κ2) is 9.07. The number of carboxylic acids is 1. The molecule has 1 heterocycles. The number of hydrogen-bond donors (Lipinski definition) is 2. The lowest BCUT2D eigenvalue weighted by atomic mass is 10.0. The number of carboxylic acid groups (broad SMARTS) is 1. The van der Waals surface area contributed by atoms with Crippen molar-refractivity contribution < 1.29 is 14.7 Å². The molecule has 1 amide bonds. The van der Waals surface area contributed by atoms with Crippen molar-refractivity contribution in [3.05, 3.63) is 105 Å². The molecule has 0 radical (unpaired) electrons. The van der Waals surface area contributed by atoms with Crippen LogP contribution in [0.2, 0.25) is 10.0 Å². The minimum absolute atomic E-state index is 0.200. The van der Waals surface area contributed by atoms with Gasteiger partial charge in [-0.3, -0.25) is 4.79 Å². The highest BCUT2D eigenvalue weighted by molar-refractivity contribution is 6.36. The Bertz CT molecular complexity index is 1310. The quantitative estimate of drug-likeness (QED) is 0.356. The number of fused-ring (bicyclic) bond motifs is 1. The molecule has 5 nitrogen and oxygen atoms in total. The van der Waals surface area contributed by atoms with Crippen LogP contribution in [0.3, 0.4) is 0 Å². The number of aromatic nitrogens is 1.